The van der Waals surface area contributed by atoms with Crippen molar-refractivity contribution in [1.82, 2.24) is 4.90 Å². The molecule has 2 aromatic carbocycles. The Morgan fingerprint density at radius 3 is 2.33 bits per heavy atom. The minimum absolute atomic E-state index is 0.129. The second-order valence-electron chi connectivity index (χ2n) is 7.19. The SMILES string of the molecule is Cc1ccc(S(=O)(=O)c2ccc(C(=O)N3CCN(c4cccc(Cl)c4)CC3)s2)cc1. The monoisotopic (exact) mass is 460 g/mol. The normalized spacial score (nSPS) is 14.7. The van der Waals surface area contributed by atoms with Crippen molar-refractivity contribution in [3.63, 3.8) is 0 Å². The van der Waals surface area contributed by atoms with Crippen molar-refractivity contribution < 1.29 is 13.2 Å². The van der Waals surface area contributed by atoms with Crippen molar-refractivity contribution >= 4 is 44.4 Å². The molecule has 0 atom stereocenters. The van der Waals surface area contributed by atoms with Crippen LogP contribution in [-0.2, 0) is 9.84 Å². The number of anilines is 1. The van der Waals surface area contributed by atoms with Crippen molar-refractivity contribution in [3.05, 3.63) is 76.1 Å². The molecule has 0 N–H and O–H groups in total. The largest absolute Gasteiger partial charge is 0.368 e. The lowest BCUT2D eigenvalue weighted by molar-refractivity contribution is 0.0751. The molecule has 0 spiro atoms. The Morgan fingerprint density at radius 2 is 1.67 bits per heavy atom. The third kappa shape index (κ3) is 4.24. The van der Waals surface area contributed by atoms with Gasteiger partial charge < -0.3 is 9.80 Å². The zero-order chi connectivity index (χ0) is 21.3. The highest BCUT2D eigenvalue weighted by molar-refractivity contribution is 7.93. The summed E-state index contributed by atoms with van der Waals surface area (Å²) >= 11 is 7.10. The van der Waals surface area contributed by atoms with Gasteiger partial charge in [-0.05, 0) is 49.4 Å². The molecule has 4 rings (SSSR count). The minimum atomic E-state index is -3.62. The van der Waals surface area contributed by atoms with Crippen molar-refractivity contribution in [2.75, 3.05) is 31.1 Å². The molecule has 30 heavy (non-hydrogen) atoms. The number of sulfone groups is 1. The lowest BCUT2D eigenvalue weighted by Crippen LogP contribution is -2.48. The number of rotatable bonds is 4. The van der Waals surface area contributed by atoms with Crippen LogP contribution in [0.15, 0.2) is 69.8 Å². The quantitative estimate of drug-likeness (QED) is 0.575. The fourth-order valence-corrected chi connectivity index (χ4v) is 6.27. The summed E-state index contributed by atoms with van der Waals surface area (Å²) in [4.78, 5) is 17.6. The topological polar surface area (TPSA) is 57.7 Å². The summed E-state index contributed by atoms with van der Waals surface area (Å²) in [5.74, 6) is -0.129. The third-order valence-electron chi connectivity index (χ3n) is 5.13. The fraction of sp³-hybridized carbons (Fsp3) is 0.227. The summed E-state index contributed by atoms with van der Waals surface area (Å²) in [6.07, 6.45) is 0. The zero-order valence-corrected chi connectivity index (χ0v) is 18.8. The standard InChI is InChI=1S/C22H21ClN2O3S2/c1-16-5-7-19(8-6-16)30(27,28)21-10-9-20(29-21)22(26)25-13-11-24(12-14-25)18-4-2-3-17(23)15-18/h2-10,15H,11-14H2,1H3. The van der Waals surface area contributed by atoms with E-state index in [-0.39, 0.29) is 15.0 Å². The average Bonchev–Trinajstić information content (AvgIpc) is 3.25. The first-order chi connectivity index (χ1) is 14.3. The molecule has 3 aromatic rings. The lowest BCUT2D eigenvalue weighted by atomic mass is 10.2. The van der Waals surface area contributed by atoms with E-state index in [1.807, 2.05) is 31.2 Å². The molecule has 0 bridgehead atoms. The van der Waals surface area contributed by atoms with E-state index in [4.69, 9.17) is 11.6 Å². The summed E-state index contributed by atoms with van der Waals surface area (Å²) in [7, 11) is -3.62. The van der Waals surface area contributed by atoms with Crippen molar-refractivity contribution in [2.24, 2.45) is 0 Å². The maximum atomic E-state index is 12.9. The van der Waals surface area contributed by atoms with Crippen LogP contribution in [0.25, 0.3) is 0 Å². The van der Waals surface area contributed by atoms with Crippen LogP contribution >= 0.6 is 22.9 Å². The van der Waals surface area contributed by atoms with Gasteiger partial charge in [0.1, 0.15) is 4.21 Å². The molecule has 1 saturated heterocycles. The number of benzene rings is 2. The Morgan fingerprint density at radius 1 is 0.967 bits per heavy atom. The molecule has 2 heterocycles. The van der Waals surface area contributed by atoms with Gasteiger partial charge in [-0.2, -0.15) is 0 Å². The Bertz CT molecular complexity index is 1170. The van der Waals surface area contributed by atoms with Crippen molar-refractivity contribution in [2.45, 2.75) is 16.0 Å². The van der Waals surface area contributed by atoms with Gasteiger partial charge in [0.2, 0.25) is 9.84 Å². The van der Waals surface area contributed by atoms with Crippen LogP contribution in [0.4, 0.5) is 5.69 Å². The number of hydrogen-bond donors (Lipinski definition) is 0. The molecule has 0 radical (unpaired) electrons. The fourth-order valence-electron chi connectivity index (χ4n) is 3.41. The van der Waals surface area contributed by atoms with E-state index in [1.165, 1.54) is 6.07 Å². The third-order valence-corrected chi connectivity index (χ3v) is 8.70. The predicted octanol–water partition coefficient (Wildman–Crippen LogP) is 4.51. The van der Waals surface area contributed by atoms with E-state index >= 15 is 0 Å². The first kappa shape index (κ1) is 20.9. The zero-order valence-electron chi connectivity index (χ0n) is 16.4. The molecular formula is C22H21ClN2O3S2. The van der Waals surface area contributed by atoms with E-state index in [2.05, 4.69) is 4.90 Å². The van der Waals surface area contributed by atoms with Crippen molar-refractivity contribution in [1.29, 1.82) is 0 Å². The van der Waals surface area contributed by atoms with Gasteiger partial charge in [0.15, 0.2) is 0 Å². The molecular weight excluding hydrogens is 440 g/mol. The first-order valence-corrected chi connectivity index (χ1v) is 12.2. The number of halogens is 1. The van der Waals surface area contributed by atoms with Crippen LogP contribution < -0.4 is 4.90 Å². The van der Waals surface area contributed by atoms with Gasteiger partial charge in [0.25, 0.3) is 5.91 Å². The van der Waals surface area contributed by atoms with Gasteiger partial charge in [-0.3, -0.25) is 4.79 Å². The highest BCUT2D eigenvalue weighted by Crippen LogP contribution is 2.29. The molecule has 1 aliphatic heterocycles. The second kappa shape index (κ2) is 8.41. The first-order valence-electron chi connectivity index (χ1n) is 9.56. The predicted molar refractivity (Wildman–Crippen MR) is 121 cm³/mol. The van der Waals surface area contributed by atoms with Crippen LogP contribution in [-0.4, -0.2) is 45.4 Å². The molecule has 1 aromatic heterocycles. The number of carbonyl (C=O) groups excluding carboxylic acids is 1. The van der Waals surface area contributed by atoms with Crippen LogP contribution in [0.1, 0.15) is 15.2 Å². The Hall–Kier alpha value is -2.35. The number of amides is 1. The van der Waals surface area contributed by atoms with Crippen LogP contribution in [0, 0.1) is 6.92 Å². The van der Waals surface area contributed by atoms with E-state index < -0.39 is 9.84 Å². The highest BCUT2D eigenvalue weighted by Gasteiger charge is 2.26. The van der Waals surface area contributed by atoms with Crippen LogP contribution in [0.3, 0.4) is 0 Å². The molecule has 1 fully saturated rings. The number of hydrogen-bond acceptors (Lipinski definition) is 5. The van der Waals surface area contributed by atoms with Gasteiger partial charge in [-0.1, -0.05) is 35.4 Å². The minimum Gasteiger partial charge on any atom is -0.368 e. The molecule has 5 nitrogen and oxygen atoms in total. The number of aryl methyl sites for hydroxylation is 1. The average molecular weight is 461 g/mol. The summed E-state index contributed by atoms with van der Waals surface area (Å²) in [6.45, 7) is 4.45. The highest BCUT2D eigenvalue weighted by atomic mass is 35.5. The van der Waals surface area contributed by atoms with Gasteiger partial charge in [0, 0.05) is 36.9 Å². The number of nitrogens with zero attached hydrogens (tertiary/aromatic N) is 2. The maximum absolute atomic E-state index is 12.9. The molecule has 0 unspecified atom stereocenters. The van der Waals surface area contributed by atoms with Gasteiger partial charge in [-0.25, -0.2) is 8.42 Å². The smallest absolute Gasteiger partial charge is 0.264 e. The van der Waals surface area contributed by atoms with E-state index in [0.717, 1.165) is 22.6 Å². The van der Waals surface area contributed by atoms with Gasteiger partial charge >= 0.3 is 0 Å². The Balaban J connectivity index is 1.45. The van der Waals surface area contributed by atoms with Crippen LogP contribution in [0.5, 0.6) is 0 Å². The second-order valence-corrected chi connectivity index (χ2v) is 10.9. The molecule has 156 valence electrons. The summed E-state index contributed by atoms with van der Waals surface area (Å²) in [5.41, 5.74) is 2.03. The Kier molecular flexibility index (Phi) is 5.86. The summed E-state index contributed by atoms with van der Waals surface area (Å²) in [6, 6.07) is 17.5. The van der Waals surface area contributed by atoms with Gasteiger partial charge in [0.05, 0.1) is 9.77 Å². The van der Waals surface area contributed by atoms with E-state index in [0.29, 0.717) is 36.1 Å². The molecule has 0 saturated carbocycles. The lowest BCUT2D eigenvalue weighted by Gasteiger charge is -2.36. The van der Waals surface area contributed by atoms with Crippen molar-refractivity contribution in [3.8, 4) is 0 Å². The van der Waals surface area contributed by atoms with E-state index in [1.54, 1.807) is 35.2 Å². The maximum Gasteiger partial charge on any atom is 0.264 e. The van der Waals surface area contributed by atoms with Crippen LogP contribution in [0.2, 0.25) is 5.02 Å². The summed E-state index contributed by atoms with van der Waals surface area (Å²) < 4.78 is 25.9. The summed E-state index contributed by atoms with van der Waals surface area (Å²) in [5, 5.41) is 0.687. The molecule has 1 amide bonds. The number of piperazine rings is 1. The molecule has 0 aliphatic carbocycles. The number of thiophene rings is 1. The Labute approximate surface area is 185 Å². The molecule has 8 heteroatoms. The number of carbonyl (C=O) groups is 1. The molecule has 1 aliphatic rings. The van der Waals surface area contributed by atoms with Gasteiger partial charge in [-0.15, -0.1) is 11.3 Å². The van der Waals surface area contributed by atoms with E-state index in [9.17, 15) is 13.2 Å².